The highest BCUT2D eigenvalue weighted by molar-refractivity contribution is 14.1. The lowest BCUT2D eigenvalue weighted by molar-refractivity contribution is -0.130. The fourth-order valence-corrected chi connectivity index (χ4v) is 4.79. The van der Waals surface area contributed by atoms with E-state index in [1.807, 2.05) is 18.2 Å². The Morgan fingerprint density at radius 1 is 1.00 bits per heavy atom. The van der Waals surface area contributed by atoms with Crippen LogP contribution in [0, 0.1) is 3.57 Å². The molecule has 0 radical (unpaired) electrons. The molecule has 1 aliphatic heterocycles. The number of carbonyl (C=O) groups is 3. The van der Waals surface area contributed by atoms with E-state index >= 15 is 0 Å². The Bertz CT molecular complexity index is 1540. The summed E-state index contributed by atoms with van der Waals surface area (Å²) < 4.78 is 17.6. The normalized spacial score (nSPS) is 14.8. The van der Waals surface area contributed by atoms with E-state index in [1.165, 1.54) is 19.4 Å². The topological polar surface area (TPSA) is 98.1 Å². The van der Waals surface area contributed by atoms with Crippen molar-refractivity contribution in [2.75, 3.05) is 7.11 Å². The first kappa shape index (κ1) is 24.6. The smallest absolute Gasteiger partial charge is 0.331 e. The summed E-state index contributed by atoms with van der Waals surface area (Å²) in [6.07, 6.45) is 2.87. The Morgan fingerprint density at radius 2 is 1.81 bits per heavy atom. The SMILES string of the molecule is COc1cc(/C=C2\C(=O)NC(=O)N(Cc3ccco3)C2=O)cc(I)c1OCc1ccc2ccccc2c1. The molecule has 1 aliphatic rings. The minimum absolute atomic E-state index is 0.0926. The van der Waals surface area contributed by atoms with Crippen molar-refractivity contribution < 1.29 is 28.3 Å². The van der Waals surface area contributed by atoms with Gasteiger partial charge in [0.1, 0.15) is 17.9 Å². The number of fused-ring (bicyclic) bond motifs is 1. The van der Waals surface area contributed by atoms with E-state index in [-0.39, 0.29) is 12.1 Å². The second kappa shape index (κ2) is 10.5. The molecule has 1 N–H and O–H groups in total. The van der Waals surface area contributed by atoms with Crippen LogP contribution in [0.4, 0.5) is 4.79 Å². The molecular weight excluding hydrogens is 587 g/mol. The van der Waals surface area contributed by atoms with Crippen LogP contribution in [0.25, 0.3) is 16.8 Å². The molecule has 37 heavy (non-hydrogen) atoms. The Kier molecular flexibility index (Phi) is 6.95. The van der Waals surface area contributed by atoms with Crippen molar-refractivity contribution in [1.29, 1.82) is 0 Å². The molecule has 0 unspecified atom stereocenters. The van der Waals surface area contributed by atoms with Gasteiger partial charge in [0.05, 0.1) is 23.5 Å². The van der Waals surface area contributed by atoms with Gasteiger partial charge in [-0.2, -0.15) is 0 Å². The molecule has 1 aromatic heterocycles. The van der Waals surface area contributed by atoms with Gasteiger partial charge in [0, 0.05) is 0 Å². The zero-order valence-corrected chi connectivity index (χ0v) is 21.9. The van der Waals surface area contributed by atoms with Crippen molar-refractivity contribution in [2.24, 2.45) is 0 Å². The maximum absolute atomic E-state index is 13.0. The van der Waals surface area contributed by atoms with E-state index in [4.69, 9.17) is 13.9 Å². The van der Waals surface area contributed by atoms with Crippen LogP contribution in [-0.4, -0.2) is 29.9 Å². The highest BCUT2D eigenvalue weighted by Crippen LogP contribution is 2.35. The van der Waals surface area contributed by atoms with E-state index in [9.17, 15) is 14.4 Å². The molecule has 5 rings (SSSR count). The van der Waals surface area contributed by atoms with Gasteiger partial charge in [0.2, 0.25) is 0 Å². The molecule has 4 aromatic rings. The van der Waals surface area contributed by atoms with Gasteiger partial charge in [-0.15, -0.1) is 0 Å². The number of carbonyl (C=O) groups excluding carboxylic acids is 3. The molecule has 0 saturated carbocycles. The summed E-state index contributed by atoms with van der Waals surface area (Å²) in [5.41, 5.74) is 1.38. The first-order valence-electron chi connectivity index (χ1n) is 11.3. The van der Waals surface area contributed by atoms with Crippen LogP contribution in [0.15, 0.2) is 83.0 Å². The maximum Gasteiger partial charge on any atom is 0.331 e. The maximum atomic E-state index is 13.0. The number of ether oxygens (including phenoxy) is 2. The second-order valence-electron chi connectivity index (χ2n) is 8.29. The van der Waals surface area contributed by atoms with E-state index in [2.05, 4.69) is 52.2 Å². The van der Waals surface area contributed by atoms with E-state index < -0.39 is 17.8 Å². The molecule has 186 valence electrons. The number of urea groups is 1. The monoisotopic (exact) mass is 608 g/mol. The summed E-state index contributed by atoms with van der Waals surface area (Å²) in [5.74, 6) is -0.0624. The number of halogens is 1. The molecule has 9 heteroatoms. The molecule has 0 aliphatic carbocycles. The molecule has 3 aromatic carbocycles. The van der Waals surface area contributed by atoms with Crippen LogP contribution in [0.2, 0.25) is 0 Å². The lowest BCUT2D eigenvalue weighted by atomic mass is 10.1. The zero-order valence-electron chi connectivity index (χ0n) is 19.7. The molecule has 0 atom stereocenters. The van der Waals surface area contributed by atoms with Crippen LogP contribution in [0.3, 0.4) is 0 Å². The minimum Gasteiger partial charge on any atom is -0.493 e. The summed E-state index contributed by atoms with van der Waals surface area (Å²) in [5, 5.41) is 4.49. The van der Waals surface area contributed by atoms with Crippen LogP contribution in [-0.2, 0) is 22.7 Å². The van der Waals surface area contributed by atoms with Gasteiger partial charge in [-0.05, 0) is 80.9 Å². The summed E-state index contributed by atoms with van der Waals surface area (Å²) >= 11 is 2.12. The van der Waals surface area contributed by atoms with E-state index in [1.54, 1.807) is 24.3 Å². The van der Waals surface area contributed by atoms with Gasteiger partial charge in [0.25, 0.3) is 11.8 Å². The Hall–Kier alpha value is -4.12. The third-order valence-electron chi connectivity index (χ3n) is 5.84. The van der Waals surface area contributed by atoms with Crippen molar-refractivity contribution in [3.05, 3.63) is 99.0 Å². The number of hydrogen-bond acceptors (Lipinski definition) is 6. The summed E-state index contributed by atoms with van der Waals surface area (Å²) in [7, 11) is 1.52. The molecule has 1 fully saturated rings. The summed E-state index contributed by atoms with van der Waals surface area (Å²) in [6.45, 7) is 0.243. The predicted molar refractivity (Wildman–Crippen MR) is 145 cm³/mol. The van der Waals surface area contributed by atoms with E-state index in [0.29, 0.717) is 29.4 Å². The Balaban J connectivity index is 1.39. The molecule has 1 saturated heterocycles. The molecule has 8 nitrogen and oxygen atoms in total. The number of benzene rings is 3. The standard InChI is InChI=1S/C28H21IN2O6/c1-35-24-14-18(12-22-26(32)30-28(34)31(27(22)33)15-21-7-4-10-36-21)13-23(29)25(24)37-16-17-8-9-19-5-2-3-6-20(19)11-17/h2-14H,15-16H2,1H3,(H,30,32,34)/b22-12+. The fraction of sp³-hybridized carbons (Fsp3) is 0.107. The average Bonchev–Trinajstić information content (AvgIpc) is 3.41. The largest absolute Gasteiger partial charge is 0.493 e. The van der Waals surface area contributed by atoms with Crippen molar-refractivity contribution in [2.45, 2.75) is 13.2 Å². The minimum atomic E-state index is -0.798. The lowest BCUT2D eigenvalue weighted by Crippen LogP contribution is -2.53. The number of barbiturate groups is 1. The van der Waals surface area contributed by atoms with Gasteiger partial charge in [0.15, 0.2) is 11.5 Å². The number of nitrogens with one attached hydrogen (secondary N) is 1. The quantitative estimate of drug-likeness (QED) is 0.174. The van der Waals surface area contributed by atoms with Gasteiger partial charge >= 0.3 is 6.03 Å². The van der Waals surface area contributed by atoms with Gasteiger partial charge < -0.3 is 13.9 Å². The van der Waals surface area contributed by atoms with Crippen LogP contribution in [0.1, 0.15) is 16.9 Å². The Labute approximate surface area is 226 Å². The molecule has 0 spiro atoms. The van der Waals surface area contributed by atoms with Crippen molar-refractivity contribution >= 4 is 57.3 Å². The number of amides is 4. The predicted octanol–water partition coefficient (Wildman–Crippen LogP) is 5.29. The van der Waals surface area contributed by atoms with Crippen LogP contribution < -0.4 is 14.8 Å². The fourth-order valence-electron chi connectivity index (χ4n) is 4.01. The number of methoxy groups -OCH3 is 1. The number of nitrogens with zero attached hydrogens (tertiary/aromatic N) is 1. The van der Waals surface area contributed by atoms with Crippen molar-refractivity contribution in [1.82, 2.24) is 10.2 Å². The summed E-state index contributed by atoms with van der Waals surface area (Å²) in [4.78, 5) is 38.7. The molecule has 2 heterocycles. The first-order chi connectivity index (χ1) is 17.9. The number of imide groups is 2. The molecule has 0 bridgehead atoms. The van der Waals surface area contributed by atoms with Gasteiger partial charge in [-0.25, -0.2) is 4.79 Å². The van der Waals surface area contributed by atoms with Crippen LogP contribution in [0.5, 0.6) is 11.5 Å². The third-order valence-corrected chi connectivity index (χ3v) is 6.64. The second-order valence-corrected chi connectivity index (χ2v) is 9.45. The van der Waals surface area contributed by atoms with Crippen molar-refractivity contribution in [3.8, 4) is 11.5 Å². The lowest BCUT2D eigenvalue weighted by Gasteiger charge is -2.25. The average molecular weight is 608 g/mol. The highest BCUT2D eigenvalue weighted by atomic mass is 127. The van der Waals surface area contributed by atoms with Gasteiger partial charge in [-0.3, -0.25) is 19.8 Å². The van der Waals surface area contributed by atoms with E-state index in [0.717, 1.165) is 24.8 Å². The number of hydrogen-bond donors (Lipinski definition) is 1. The number of rotatable bonds is 7. The number of furan rings is 1. The van der Waals surface area contributed by atoms with Gasteiger partial charge in [-0.1, -0.05) is 36.4 Å². The first-order valence-corrected chi connectivity index (χ1v) is 12.4. The van der Waals surface area contributed by atoms with Crippen LogP contribution >= 0.6 is 22.6 Å². The molecular formula is C28H21IN2O6. The zero-order chi connectivity index (χ0) is 25.9. The third kappa shape index (κ3) is 5.21. The Morgan fingerprint density at radius 3 is 2.57 bits per heavy atom. The summed E-state index contributed by atoms with van der Waals surface area (Å²) in [6, 6.07) is 20.2. The van der Waals surface area contributed by atoms with Crippen molar-refractivity contribution in [3.63, 3.8) is 0 Å². The molecule has 4 amide bonds. The highest BCUT2D eigenvalue weighted by Gasteiger charge is 2.36.